The maximum absolute atomic E-state index is 4.50. The second-order valence-corrected chi connectivity index (χ2v) is 3.95. The van der Waals surface area contributed by atoms with Gasteiger partial charge in [0.1, 0.15) is 0 Å². The van der Waals surface area contributed by atoms with Crippen LogP contribution in [0.5, 0.6) is 0 Å². The summed E-state index contributed by atoms with van der Waals surface area (Å²) in [6, 6.07) is 0. The molecule has 0 radical (unpaired) electrons. The molecule has 0 bridgehead atoms. The van der Waals surface area contributed by atoms with Gasteiger partial charge in [-0.15, -0.1) is 13.2 Å². The molecule has 21 heavy (non-hydrogen) atoms. The summed E-state index contributed by atoms with van der Waals surface area (Å²) in [4.78, 5) is 2.26. The molecule has 0 saturated heterocycles. The van der Waals surface area contributed by atoms with Crippen LogP contribution in [-0.2, 0) is 0 Å². The molecule has 136 valence electrons. The summed E-state index contributed by atoms with van der Waals surface area (Å²) in [5, 5.41) is 0. The Morgan fingerprint density at radius 3 is 1.29 bits per heavy atom. The SMILES string of the molecule is C=C.CC.CC.CCC(C)C(C)CCN(C)C.CN.CN. The largest absolute Gasteiger partial charge is 0.333 e. The van der Waals surface area contributed by atoms with Crippen molar-refractivity contribution in [1.29, 1.82) is 0 Å². The van der Waals surface area contributed by atoms with Crippen molar-refractivity contribution < 1.29 is 0 Å². The third kappa shape index (κ3) is 54.0. The van der Waals surface area contributed by atoms with E-state index in [1.807, 2.05) is 27.7 Å². The average molecular weight is 308 g/mol. The van der Waals surface area contributed by atoms with E-state index in [1.165, 1.54) is 33.5 Å². The van der Waals surface area contributed by atoms with Gasteiger partial charge in [-0.25, -0.2) is 0 Å². The van der Waals surface area contributed by atoms with Crippen molar-refractivity contribution in [3.8, 4) is 0 Å². The maximum atomic E-state index is 4.50. The van der Waals surface area contributed by atoms with Gasteiger partial charge in [0, 0.05) is 0 Å². The second kappa shape index (κ2) is 50.4. The van der Waals surface area contributed by atoms with Gasteiger partial charge < -0.3 is 16.4 Å². The topological polar surface area (TPSA) is 55.3 Å². The van der Waals surface area contributed by atoms with Crippen LogP contribution in [0.3, 0.4) is 0 Å². The molecule has 0 rings (SSSR count). The van der Waals surface area contributed by atoms with Gasteiger partial charge in [0.05, 0.1) is 0 Å². The lowest BCUT2D eigenvalue weighted by Crippen LogP contribution is -2.18. The summed E-state index contributed by atoms with van der Waals surface area (Å²) in [7, 11) is 7.28. The Hall–Kier alpha value is -0.380. The van der Waals surface area contributed by atoms with E-state index in [0.29, 0.717) is 0 Å². The van der Waals surface area contributed by atoms with Crippen molar-refractivity contribution in [3.05, 3.63) is 13.2 Å². The summed E-state index contributed by atoms with van der Waals surface area (Å²) in [5.41, 5.74) is 9.00. The number of hydrogen-bond acceptors (Lipinski definition) is 3. The van der Waals surface area contributed by atoms with Crippen LogP contribution in [0, 0.1) is 11.8 Å². The van der Waals surface area contributed by atoms with Crippen molar-refractivity contribution >= 4 is 0 Å². The molecule has 0 aliphatic heterocycles. The lowest BCUT2D eigenvalue weighted by atomic mass is 9.91. The Morgan fingerprint density at radius 1 is 0.810 bits per heavy atom. The van der Waals surface area contributed by atoms with E-state index >= 15 is 0 Å². The Kier molecular flexibility index (Phi) is 89.1. The molecule has 0 saturated carbocycles. The molecule has 0 fully saturated rings. The fourth-order valence-electron chi connectivity index (χ4n) is 1.15. The first kappa shape index (κ1) is 37.1. The summed E-state index contributed by atoms with van der Waals surface area (Å²) < 4.78 is 0. The molecule has 0 aliphatic rings. The normalized spacial score (nSPS) is 10.2. The molecule has 3 heteroatoms. The van der Waals surface area contributed by atoms with Gasteiger partial charge in [0.15, 0.2) is 0 Å². The number of nitrogens with zero attached hydrogens (tertiary/aromatic N) is 1. The predicted molar refractivity (Wildman–Crippen MR) is 106 cm³/mol. The minimum Gasteiger partial charge on any atom is -0.333 e. The summed E-state index contributed by atoms with van der Waals surface area (Å²) in [6.07, 6.45) is 2.65. The number of hydrogen-bond donors (Lipinski definition) is 2. The smallest absolute Gasteiger partial charge is 0.00222 e. The molecule has 0 heterocycles. The Balaban J connectivity index is -0.0000000474. The third-order valence-electron chi connectivity index (χ3n) is 2.65. The van der Waals surface area contributed by atoms with Crippen LogP contribution in [0.15, 0.2) is 13.2 Å². The fraction of sp³-hybridized carbons (Fsp3) is 0.889. The zero-order valence-electron chi connectivity index (χ0n) is 17.3. The maximum Gasteiger partial charge on any atom is -0.00222 e. The van der Waals surface area contributed by atoms with Crippen molar-refractivity contribution in [2.45, 2.75) is 61.3 Å². The van der Waals surface area contributed by atoms with E-state index in [-0.39, 0.29) is 0 Å². The lowest BCUT2D eigenvalue weighted by Gasteiger charge is -2.20. The molecule has 4 N–H and O–H groups in total. The molecular formula is C18H49N3. The van der Waals surface area contributed by atoms with Crippen LogP contribution in [0.4, 0.5) is 0 Å². The molecule has 2 unspecified atom stereocenters. The molecule has 0 spiro atoms. The van der Waals surface area contributed by atoms with Crippen LogP contribution in [0.2, 0.25) is 0 Å². The highest BCUT2D eigenvalue weighted by Gasteiger charge is 2.09. The van der Waals surface area contributed by atoms with Crippen LogP contribution < -0.4 is 11.5 Å². The van der Waals surface area contributed by atoms with E-state index in [1.54, 1.807) is 0 Å². The average Bonchev–Trinajstić information content (AvgIpc) is 2.60. The Labute approximate surface area is 138 Å². The molecule has 0 aromatic rings. The standard InChI is InChI=1S/C10H23N.2C2H6.C2H4.2CH5N/c1-6-9(2)10(3)7-8-11(4)5;5*1-2/h9-10H,6-8H2,1-5H3;2*1-2H3;1-2H2;2*2H2,1H3. The highest BCUT2D eigenvalue weighted by atomic mass is 15.0. The minimum atomic E-state index is 0.877. The van der Waals surface area contributed by atoms with Crippen molar-refractivity contribution in [2.75, 3.05) is 34.7 Å². The zero-order chi connectivity index (χ0) is 18.9. The molecule has 0 aromatic heterocycles. The van der Waals surface area contributed by atoms with E-state index in [4.69, 9.17) is 0 Å². The van der Waals surface area contributed by atoms with Crippen LogP contribution >= 0.6 is 0 Å². The van der Waals surface area contributed by atoms with Crippen LogP contribution in [0.1, 0.15) is 61.3 Å². The van der Waals surface area contributed by atoms with E-state index < -0.39 is 0 Å². The molecule has 0 aromatic carbocycles. The number of rotatable bonds is 5. The quantitative estimate of drug-likeness (QED) is 0.728. The van der Waals surface area contributed by atoms with E-state index in [9.17, 15) is 0 Å². The first-order chi connectivity index (χ1) is 10.1. The third-order valence-corrected chi connectivity index (χ3v) is 2.65. The first-order valence-corrected chi connectivity index (χ1v) is 8.38. The van der Waals surface area contributed by atoms with Gasteiger partial charge in [-0.1, -0.05) is 54.9 Å². The fourth-order valence-corrected chi connectivity index (χ4v) is 1.15. The van der Waals surface area contributed by atoms with Crippen LogP contribution in [0.25, 0.3) is 0 Å². The first-order valence-electron chi connectivity index (χ1n) is 8.38. The molecule has 0 aliphatic carbocycles. The predicted octanol–water partition coefficient (Wildman–Crippen LogP) is 4.62. The summed E-state index contributed by atoms with van der Waals surface area (Å²) in [5.74, 6) is 1.76. The molecule has 2 atom stereocenters. The van der Waals surface area contributed by atoms with Gasteiger partial charge in [-0.05, 0) is 53.0 Å². The van der Waals surface area contributed by atoms with Crippen molar-refractivity contribution in [3.63, 3.8) is 0 Å². The zero-order valence-corrected chi connectivity index (χ0v) is 17.3. The number of nitrogens with two attached hydrogens (primary N) is 2. The lowest BCUT2D eigenvalue weighted by molar-refractivity contribution is 0.299. The highest BCUT2D eigenvalue weighted by molar-refractivity contribution is 4.61. The van der Waals surface area contributed by atoms with E-state index in [0.717, 1.165) is 11.8 Å². The minimum absolute atomic E-state index is 0.877. The summed E-state index contributed by atoms with van der Waals surface area (Å²) >= 11 is 0. The van der Waals surface area contributed by atoms with Crippen molar-refractivity contribution in [1.82, 2.24) is 4.90 Å². The molecule has 0 amide bonds. The Bertz CT molecular complexity index is 107. The van der Waals surface area contributed by atoms with Gasteiger partial charge in [-0.2, -0.15) is 0 Å². The summed E-state index contributed by atoms with van der Waals surface area (Å²) in [6.45, 7) is 22.2. The second-order valence-electron chi connectivity index (χ2n) is 3.95. The van der Waals surface area contributed by atoms with Crippen LogP contribution in [-0.4, -0.2) is 39.6 Å². The molecule has 3 nitrogen and oxygen atoms in total. The monoisotopic (exact) mass is 307 g/mol. The Morgan fingerprint density at radius 2 is 1.10 bits per heavy atom. The molecular weight excluding hydrogens is 258 g/mol. The van der Waals surface area contributed by atoms with Gasteiger partial charge >= 0.3 is 0 Å². The van der Waals surface area contributed by atoms with Gasteiger partial charge in [-0.3, -0.25) is 0 Å². The van der Waals surface area contributed by atoms with Gasteiger partial charge in [0.2, 0.25) is 0 Å². The van der Waals surface area contributed by atoms with Crippen molar-refractivity contribution in [2.24, 2.45) is 23.3 Å². The van der Waals surface area contributed by atoms with E-state index in [2.05, 4.69) is 64.4 Å². The highest BCUT2D eigenvalue weighted by Crippen LogP contribution is 2.17. The van der Waals surface area contributed by atoms with Gasteiger partial charge in [0.25, 0.3) is 0 Å².